The van der Waals surface area contributed by atoms with Crippen LogP contribution in [0.1, 0.15) is 32.3 Å². The maximum atomic E-state index is 11.2. The number of piperidine rings is 1. The molecule has 128 valence electrons. The number of nitrogens with one attached hydrogen (secondary N) is 2. The summed E-state index contributed by atoms with van der Waals surface area (Å²) in [6.07, 6.45) is 2.09. The summed E-state index contributed by atoms with van der Waals surface area (Å²) in [5.74, 6) is 0.739. The lowest BCUT2D eigenvalue weighted by Crippen LogP contribution is -2.41. The molecule has 1 unspecified atom stereocenters. The number of hydrogen-bond donors (Lipinski definition) is 3. The molecule has 0 saturated carbocycles. The lowest BCUT2D eigenvalue weighted by molar-refractivity contribution is -0.114. The summed E-state index contributed by atoms with van der Waals surface area (Å²) < 4.78 is 0. The monoisotopic (exact) mass is 319 g/mol. The maximum Gasteiger partial charge on any atom is 0.221 e. The molecule has 5 nitrogen and oxygen atoms in total. The highest BCUT2D eigenvalue weighted by molar-refractivity contribution is 5.89. The van der Waals surface area contributed by atoms with Crippen LogP contribution in [0.15, 0.2) is 24.3 Å². The number of rotatable bonds is 7. The van der Waals surface area contributed by atoms with Gasteiger partial charge >= 0.3 is 0 Å². The Balaban J connectivity index is 1.73. The van der Waals surface area contributed by atoms with Crippen LogP contribution in [0.3, 0.4) is 0 Å². The molecule has 0 bridgehead atoms. The predicted octanol–water partition coefficient (Wildman–Crippen LogP) is 1.83. The van der Waals surface area contributed by atoms with E-state index in [1.54, 1.807) is 0 Å². The summed E-state index contributed by atoms with van der Waals surface area (Å²) in [5.41, 5.74) is 1.86. The van der Waals surface area contributed by atoms with Crippen LogP contribution in [0.2, 0.25) is 0 Å². The van der Waals surface area contributed by atoms with Crippen LogP contribution < -0.4 is 10.6 Å². The Hall–Kier alpha value is -1.43. The number of hydrogen-bond acceptors (Lipinski definition) is 4. The van der Waals surface area contributed by atoms with Crippen LogP contribution in [0.4, 0.5) is 5.69 Å². The van der Waals surface area contributed by atoms with Gasteiger partial charge in [-0.2, -0.15) is 0 Å². The van der Waals surface area contributed by atoms with Crippen molar-refractivity contribution in [1.29, 1.82) is 0 Å². The number of aliphatic hydroxyl groups excluding tert-OH is 1. The predicted molar refractivity (Wildman–Crippen MR) is 93.3 cm³/mol. The van der Waals surface area contributed by atoms with Crippen molar-refractivity contribution in [3.05, 3.63) is 29.8 Å². The first kappa shape index (κ1) is 17.9. The quantitative estimate of drug-likeness (QED) is 0.717. The number of anilines is 1. The fraction of sp³-hybridized carbons (Fsp3) is 0.611. The highest BCUT2D eigenvalue weighted by Crippen LogP contribution is 2.16. The van der Waals surface area contributed by atoms with Crippen molar-refractivity contribution in [2.45, 2.75) is 39.3 Å². The van der Waals surface area contributed by atoms with Crippen LogP contribution >= 0.6 is 0 Å². The second kappa shape index (κ2) is 9.01. The molecule has 1 aromatic carbocycles. The Kier molecular flexibility index (Phi) is 7.02. The molecule has 0 aliphatic carbocycles. The van der Waals surface area contributed by atoms with E-state index in [0.717, 1.165) is 36.8 Å². The number of carbonyl (C=O) groups excluding carboxylic acids is 1. The molecule has 1 atom stereocenters. The Labute approximate surface area is 139 Å². The second-order valence-corrected chi connectivity index (χ2v) is 6.61. The highest BCUT2D eigenvalue weighted by Gasteiger charge is 2.18. The molecule has 0 aromatic heterocycles. The van der Waals surface area contributed by atoms with Gasteiger partial charge in [-0.25, -0.2) is 0 Å². The van der Waals surface area contributed by atoms with Gasteiger partial charge in [0.2, 0.25) is 5.91 Å². The zero-order valence-corrected chi connectivity index (χ0v) is 14.2. The first-order valence-corrected chi connectivity index (χ1v) is 8.51. The number of likely N-dealkylation sites (tertiary alicyclic amines) is 1. The fourth-order valence-electron chi connectivity index (χ4n) is 2.97. The molecular weight excluding hydrogens is 290 g/mol. The molecule has 1 fully saturated rings. The largest absolute Gasteiger partial charge is 0.390 e. The number of carbonyl (C=O) groups is 1. The molecule has 1 saturated heterocycles. The van der Waals surface area contributed by atoms with Crippen molar-refractivity contribution < 1.29 is 9.90 Å². The van der Waals surface area contributed by atoms with Crippen LogP contribution in [-0.2, 0) is 11.3 Å². The minimum absolute atomic E-state index is 0.0724. The zero-order chi connectivity index (χ0) is 16.7. The van der Waals surface area contributed by atoms with E-state index in [0.29, 0.717) is 13.1 Å². The molecular formula is C18H29N3O2. The molecule has 3 N–H and O–H groups in total. The minimum Gasteiger partial charge on any atom is -0.390 e. The molecule has 2 rings (SSSR count). The first-order valence-electron chi connectivity index (χ1n) is 8.51. The van der Waals surface area contributed by atoms with E-state index in [4.69, 9.17) is 0 Å². The van der Waals surface area contributed by atoms with Crippen molar-refractivity contribution in [2.75, 3.05) is 31.5 Å². The van der Waals surface area contributed by atoms with Crippen molar-refractivity contribution in [1.82, 2.24) is 10.2 Å². The lowest BCUT2D eigenvalue weighted by atomic mass is 9.99. The smallest absolute Gasteiger partial charge is 0.221 e. The number of aliphatic hydroxyl groups is 1. The topological polar surface area (TPSA) is 64.6 Å². The fourth-order valence-corrected chi connectivity index (χ4v) is 2.97. The highest BCUT2D eigenvalue weighted by atomic mass is 16.3. The van der Waals surface area contributed by atoms with Gasteiger partial charge in [0.15, 0.2) is 0 Å². The zero-order valence-electron chi connectivity index (χ0n) is 14.2. The lowest BCUT2D eigenvalue weighted by Gasteiger charge is -2.31. The minimum atomic E-state index is -0.365. The van der Waals surface area contributed by atoms with Crippen molar-refractivity contribution in [3.8, 4) is 0 Å². The number of nitrogens with zero attached hydrogens (tertiary/aromatic N) is 1. The molecule has 1 heterocycles. The Morgan fingerprint density at radius 3 is 2.74 bits per heavy atom. The molecule has 1 amide bonds. The normalized spacial score (nSPS) is 17.9. The summed E-state index contributed by atoms with van der Waals surface area (Å²) in [7, 11) is 0. The van der Waals surface area contributed by atoms with Crippen LogP contribution in [0.5, 0.6) is 0 Å². The standard InChI is InChI=1S/C18H29N3O2/c1-14-7-9-21(10-8-14)13-17(23)12-19-11-16-5-3-4-6-18(16)20-15(2)22/h3-6,14,17,19,23H,7-13H2,1-2H3,(H,20,22). The van der Waals surface area contributed by atoms with E-state index in [9.17, 15) is 9.90 Å². The third kappa shape index (κ3) is 6.29. The molecule has 1 aromatic rings. The summed E-state index contributed by atoms with van der Waals surface area (Å²) in [6.45, 7) is 7.89. The van der Waals surface area contributed by atoms with Crippen molar-refractivity contribution in [3.63, 3.8) is 0 Å². The summed E-state index contributed by atoms with van der Waals surface area (Å²) in [4.78, 5) is 13.6. The molecule has 1 aliphatic heterocycles. The third-order valence-electron chi connectivity index (χ3n) is 4.37. The van der Waals surface area contributed by atoms with Gasteiger partial charge in [0.25, 0.3) is 0 Å². The van der Waals surface area contributed by atoms with E-state index in [1.807, 2.05) is 24.3 Å². The summed E-state index contributed by atoms with van der Waals surface area (Å²) in [5, 5.41) is 16.3. The van der Waals surface area contributed by atoms with Crippen LogP contribution in [0.25, 0.3) is 0 Å². The second-order valence-electron chi connectivity index (χ2n) is 6.61. The van der Waals surface area contributed by atoms with E-state index < -0.39 is 0 Å². The number of β-amino-alcohol motifs (C(OH)–C–C–N with tert-alkyl or cyclic N) is 1. The summed E-state index contributed by atoms with van der Waals surface area (Å²) >= 11 is 0. The first-order chi connectivity index (χ1) is 11.0. The van der Waals surface area contributed by atoms with Gasteiger partial charge < -0.3 is 20.6 Å². The molecule has 0 spiro atoms. The van der Waals surface area contributed by atoms with Gasteiger partial charge in [0, 0.05) is 32.2 Å². The number of amides is 1. The Bertz CT molecular complexity index is 499. The van der Waals surface area contributed by atoms with E-state index in [2.05, 4.69) is 22.5 Å². The van der Waals surface area contributed by atoms with Crippen molar-refractivity contribution in [2.24, 2.45) is 5.92 Å². The molecule has 0 radical (unpaired) electrons. The third-order valence-corrected chi connectivity index (χ3v) is 4.37. The van der Waals surface area contributed by atoms with E-state index in [1.165, 1.54) is 19.8 Å². The average molecular weight is 319 g/mol. The molecule has 23 heavy (non-hydrogen) atoms. The van der Waals surface area contributed by atoms with Gasteiger partial charge in [0.1, 0.15) is 0 Å². The van der Waals surface area contributed by atoms with Gasteiger partial charge in [-0.05, 0) is 43.5 Å². The average Bonchev–Trinajstić information content (AvgIpc) is 2.51. The number of para-hydroxylation sites is 1. The van der Waals surface area contributed by atoms with E-state index in [-0.39, 0.29) is 12.0 Å². The van der Waals surface area contributed by atoms with Gasteiger partial charge in [-0.3, -0.25) is 4.79 Å². The Morgan fingerprint density at radius 2 is 2.04 bits per heavy atom. The number of benzene rings is 1. The molecule has 5 heteroatoms. The Morgan fingerprint density at radius 1 is 1.35 bits per heavy atom. The van der Waals surface area contributed by atoms with Gasteiger partial charge in [0.05, 0.1) is 6.10 Å². The summed E-state index contributed by atoms with van der Waals surface area (Å²) in [6, 6.07) is 7.73. The maximum absolute atomic E-state index is 11.2. The van der Waals surface area contributed by atoms with Gasteiger partial charge in [-0.15, -0.1) is 0 Å². The SMILES string of the molecule is CC(=O)Nc1ccccc1CNCC(O)CN1CCC(C)CC1. The van der Waals surface area contributed by atoms with Gasteiger partial charge in [-0.1, -0.05) is 25.1 Å². The van der Waals surface area contributed by atoms with E-state index >= 15 is 0 Å². The van der Waals surface area contributed by atoms with Crippen LogP contribution in [-0.4, -0.2) is 48.2 Å². The molecule has 1 aliphatic rings. The van der Waals surface area contributed by atoms with Crippen LogP contribution in [0, 0.1) is 5.92 Å². The van der Waals surface area contributed by atoms with Crippen molar-refractivity contribution >= 4 is 11.6 Å².